The number of nitrogen functional groups attached to an aromatic ring is 1. The Balaban J connectivity index is 2.47. The van der Waals surface area contributed by atoms with Gasteiger partial charge in [0.2, 0.25) is 0 Å². The molecule has 0 amide bonds. The first-order valence-electron chi connectivity index (χ1n) is 6.42. The molecule has 0 aliphatic carbocycles. The lowest BCUT2D eigenvalue weighted by atomic mass is 10.3. The molecule has 7 nitrogen and oxygen atoms in total. The van der Waals surface area contributed by atoms with Crippen molar-refractivity contribution in [2.75, 3.05) is 34.4 Å². The molecule has 1 aliphatic heterocycles. The maximum atomic E-state index is 12.2. The first-order valence-corrected chi connectivity index (χ1v) is 9.29. The Morgan fingerprint density at radius 2 is 2.29 bits per heavy atom. The minimum absolute atomic E-state index is 0.0211. The van der Waals surface area contributed by atoms with E-state index in [9.17, 15) is 13.2 Å². The Kier molecular flexibility index (Phi) is 4.62. The number of rotatable bonds is 4. The number of anilines is 2. The van der Waals surface area contributed by atoms with Crippen LogP contribution in [-0.4, -0.2) is 53.7 Å². The Morgan fingerprint density at radius 3 is 2.90 bits per heavy atom. The summed E-state index contributed by atoms with van der Waals surface area (Å²) in [6.07, 6.45) is 0. The highest BCUT2D eigenvalue weighted by molar-refractivity contribution is 8.01. The Morgan fingerprint density at radius 1 is 1.57 bits per heavy atom. The predicted octanol–water partition coefficient (Wildman–Crippen LogP) is 0.676. The molecule has 21 heavy (non-hydrogen) atoms. The number of carbonyl (C=O) groups is 1. The predicted molar refractivity (Wildman–Crippen MR) is 83.5 cm³/mol. The number of pyridine rings is 1. The van der Waals surface area contributed by atoms with Gasteiger partial charge in [0.15, 0.2) is 21.3 Å². The van der Waals surface area contributed by atoms with Crippen molar-refractivity contribution in [3.63, 3.8) is 0 Å². The van der Waals surface area contributed by atoms with Crippen molar-refractivity contribution in [1.29, 1.82) is 0 Å². The monoisotopic (exact) mass is 331 g/mol. The SMILES string of the molecule is CCS(=O)(=O)C1CSCCN1c1nc(C(=O)O)ccc1N. The summed E-state index contributed by atoms with van der Waals surface area (Å²) in [7, 11) is -3.31. The van der Waals surface area contributed by atoms with Crippen LogP contribution >= 0.6 is 11.8 Å². The topological polar surface area (TPSA) is 114 Å². The molecule has 1 unspecified atom stereocenters. The highest BCUT2D eigenvalue weighted by atomic mass is 32.2. The number of nitrogens with zero attached hydrogens (tertiary/aromatic N) is 2. The van der Waals surface area contributed by atoms with Gasteiger partial charge in [-0.25, -0.2) is 18.2 Å². The van der Waals surface area contributed by atoms with Crippen molar-refractivity contribution in [2.45, 2.75) is 12.3 Å². The lowest BCUT2D eigenvalue weighted by molar-refractivity contribution is 0.0690. The fourth-order valence-electron chi connectivity index (χ4n) is 2.12. The van der Waals surface area contributed by atoms with Gasteiger partial charge in [0.25, 0.3) is 0 Å². The smallest absolute Gasteiger partial charge is 0.354 e. The van der Waals surface area contributed by atoms with E-state index in [2.05, 4.69) is 4.98 Å². The summed E-state index contributed by atoms with van der Waals surface area (Å²) in [6, 6.07) is 2.76. The van der Waals surface area contributed by atoms with Gasteiger partial charge >= 0.3 is 5.97 Å². The van der Waals surface area contributed by atoms with Crippen LogP contribution in [0.2, 0.25) is 0 Å². The maximum absolute atomic E-state index is 12.2. The molecule has 116 valence electrons. The molecule has 1 aromatic rings. The molecule has 9 heteroatoms. The molecular weight excluding hydrogens is 314 g/mol. The van der Waals surface area contributed by atoms with E-state index in [0.29, 0.717) is 12.3 Å². The van der Waals surface area contributed by atoms with E-state index in [1.54, 1.807) is 23.6 Å². The van der Waals surface area contributed by atoms with Crippen LogP contribution in [0.3, 0.4) is 0 Å². The highest BCUT2D eigenvalue weighted by Crippen LogP contribution is 2.30. The van der Waals surface area contributed by atoms with Crippen molar-refractivity contribution in [1.82, 2.24) is 4.98 Å². The van der Waals surface area contributed by atoms with Crippen molar-refractivity contribution in [2.24, 2.45) is 0 Å². The molecule has 1 fully saturated rings. The fraction of sp³-hybridized carbons (Fsp3) is 0.500. The molecule has 0 bridgehead atoms. The molecule has 1 atom stereocenters. The number of sulfone groups is 1. The van der Waals surface area contributed by atoms with Crippen LogP contribution in [0.4, 0.5) is 11.5 Å². The van der Waals surface area contributed by atoms with Crippen LogP contribution in [0.25, 0.3) is 0 Å². The average Bonchev–Trinajstić information content (AvgIpc) is 2.47. The fourth-order valence-corrected chi connectivity index (χ4v) is 5.09. The second-order valence-electron chi connectivity index (χ2n) is 4.59. The molecule has 2 rings (SSSR count). The second-order valence-corrected chi connectivity index (χ2v) is 8.19. The average molecular weight is 331 g/mol. The first-order chi connectivity index (χ1) is 9.86. The Bertz CT molecular complexity index is 648. The zero-order valence-corrected chi connectivity index (χ0v) is 13.2. The summed E-state index contributed by atoms with van der Waals surface area (Å²) in [5, 5.41) is 8.30. The van der Waals surface area contributed by atoms with E-state index < -0.39 is 21.2 Å². The summed E-state index contributed by atoms with van der Waals surface area (Å²) in [5.74, 6) is 0.255. The lowest BCUT2D eigenvalue weighted by Gasteiger charge is -2.36. The summed E-state index contributed by atoms with van der Waals surface area (Å²) in [5.41, 5.74) is 6.00. The largest absolute Gasteiger partial charge is 0.477 e. The summed E-state index contributed by atoms with van der Waals surface area (Å²) < 4.78 is 24.5. The minimum Gasteiger partial charge on any atom is -0.477 e. The van der Waals surface area contributed by atoms with Gasteiger partial charge in [0, 0.05) is 23.8 Å². The van der Waals surface area contributed by atoms with Gasteiger partial charge in [-0.3, -0.25) is 0 Å². The number of thioether (sulfide) groups is 1. The van der Waals surface area contributed by atoms with E-state index in [1.165, 1.54) is 12.1 Å². The van der Waals surface area contributed by atoms with Crippen LogP contribution in [0.1, 0.15) is 17.4 Å². The molecular formula is C12H17N3O4S2. The number of aromatic carboxylic acids is 1. The number of aromatic nitrogens is 1. The van der Waals surface area contributed by atoms with Crippen LogP contribution in [0.5, 0.6) is 0 Å². The second kappa shape index (κ2) is 6.10. The van der Waals surface area contributed by atoms with Crippen molar-refractivity contribution in [3.8, 4) is 0 Å². The van der Waals surface area contributed by atoms with Crippen molar-refractivity contribution >= 4 is 39.1 Å². The van der Waals surface area contributed by atoms with E-state index >= 15 is 0 Å². The Labute approximate surface area is 127 Å². The van der Waals surface area contributed by atoms with Gasteiger partial charge in [-0.05, 0) is 12.1 Å². The van der Waals surface area contributed by atoms with Crippen LogP contribution in [0, 0.1) is 0 Å². The number of hydrogen-bond acceptors (Lipinski definition) is 7. The molecule has 0 saturated carbocycles. The normalized spacial score (nSPS) is 19.5. The quantitative estimate of drug-likeness (QED) is 0.828. The van der Waals surface area contributed by atoms with Gasteiger partial charge in [0.05, 0.1) is 5.69 Å². The minimum atomic E-state index is -3.31. The lowest BCUT2D eigenvalue weighted by Crippen LogP contribution is -2.48. The molecule has 0 radical (unpaired) electrons. The van der Waals surface area contributed by atoms with Gasteiger partial charge in [-0.2, -0.15) is 11.8 Å². The molecule has 1 aromatic heterocycles. The third-order valence-electron chi connectivity index (χ3n) is 3.30. The zero-order chi connectivity index (χ0) is 15.6. The van der Waals surface area contributed by atoms with Crippen LogP contribution in [0.15, 0.2) is 12.1 Å². The number of carboxylic acids is 1. The highest BCUT2D eigenvalue weighted by Gasteiger charge is 2.34. The van der Waals surface area contributed by atoms with E-state index in [-0.39, 0.29) is 23.0 Å². The maximum Gasteiger partial charge on any atom is 0.354 e. The number of hydrogen-bond donors (Lipinski definition) is 2. The third-order valence-corrected chi connectivity index (χ3v) is 6.59. The molecule has 1 aliphatic rings. The van der Waals surface area contributed by atoms with E-state index in [0.717, 1.165) is 5.75 Å². The van der Waals surface area contributed by atoms with Crippen LogP contribution < -0.4 is 10.6 Å². The molecule has 3 N–H and O–H groups in total. The summed E-state index contributed by atoms with van der Waals surface area (Å²) in [6.45, 7) is 2.06. The van der Waals surface area contributed by atoms with E-state index in [4.69, 9.17) is 10.8 Å². The molecule has 0 aromatic carbocycles. The van der Waals surface area contributed by atoms with Gasteiger partial charge in [-0.1, -0.05) is 6.92 Å². The van der Waals surface area contributed by atoms with Crippen LogP contribution in [-0.2, 0) is 9.84 Å². The van der Waals surface area contributed by atoms with Crippen molar-refractivity contribution < 1.29 is 18.3 Å². The molecule has 1 saturated heterocycles. The Hall–Kier alpha value is -1.48. The van der Waals surface area contributed by atoms with Gasteiger partial charge in [-0.15, -0.1) is 0 Å². The summed E-state index contributed by atoms with van der Waals surface area (Å²) >= 11 is 1.55. The van der Waals surface area contributed by atoms with Crippen molar-refractivity contribution in [3.05, 3.63) is 17.8 Å². The van der Waals surface area contributed by atoms with Gasteiger partial charge < -0.3 is 15.7 Å². The number of nitrogens with two attached hydrogens (primary N) is 1. The molecule has 2 heterocycles. The summed E-state index contributed by atoms with van der Waals surface area (Å²) in [4.78, 5) is 16.7. The molecule has 0 spiro atoms. The van der Waals surface area contributed by atoms with Gasteiger partial charge in [0.1, 0.15) is 5.37 Å². The number of carboxylic acid groups (broad SMARTS) is 1. The third kappa shape index (κ3) is 3.24. The van der Waals surface area contributed by atoms with E-state index in [1.807, 2.05) is 0 Å². The standard InChI is InChI=1S/C12H17N3O4S2/c1-2-21(18,19)10-7-20-6-5-15(10)11-8(13)3-4-9(14-11)12(16)17/h3-4,10H,2,5-7,13H2,1H3,(H,16,17). The first kappa shape index (κ1) is 15.9. The zero-order valence-electron chi connectivity index (χ0n) is 11.5.